The molecule has 134 valence electrons. The van der Waals surface area contributed by atoms with Gasteiger partial charge < -0.3 is 24.3 Å². The summed E-state index contributed by atoms with van der Waals surface area (Å²) in [6, 6.07) is 1.72. The van der Waals surface area contributed by atoms with Gasteiger partial charge in [-0.25, -0.2) is 4.98 Å². The molecular weight excluding hydrogens is 333 g/mol. The number of aromatic nitrogens is 2. The molecule has 0 bridgehead atoms. The van der Waals surface area contributed by atoms with Crippen LogP contribution in [0.25, 0.3) is 0 Å². The molecule has 0 N–H and O–H groups in total. The third-order valence-corrected chi connectivity index (χ3v) is 4.35. The summed E-state index contributed by atoms with van der Waals surface area (Å²) in [5.74, 6) is 0.476. The molecule has 1 aliphatic heterocycles. The van der Waals surface area contributed by atoms with Gasteiger partial charge in [0.2, 0.25) is 5.88 Å². The second kappa shape index (κ2) is 9.16. The van der Waals surface area contributed by atoms with Crippen LogP contribution in [0.5, 0.6) is 5.88 Å². The van der Waals surface area contributed by atoms with Gasteiger partial charge in [0.1, 0.15) is 11.6 Å². The molecule has 0 aromatic carbocycles. The van der Waals surface area contributed by atoms with Crippen LogP contribution in [0.15, 0.2) is 6.07 Å². The Kier molecular flexibility index (Phi) is 8.12. The van der Waals surface area contributed by atoms with Crippen molar-refractivity contribution in [3.63, 3.8) is 0 Å². The zero-order chi connectivity index (χ0) is 16.4. The molecule has 1 aromatic heterocycles. The van der Waals surface area contributed by atoms with E-state index in [0.717, 1.165) is 38.4 Å². The number of carbonyl (C=O) groups excluding carboxylic acids is 1. The minimum atomic E-state index is -1.19. The minimum Gasteiger partial charge on any atom is -0.546 e. The summed E-state index contributed by atoms with van der Waals surface area (Å²) in [6.07, 6.45) is 3.15. The number of carboxylic acids is 1. The molecule has 0 amide bonds. The zero-order valence-corrected chi connectivity index (χ0v) is 16.6. The molecule has 1 saturated heterocycles. The topological polar surface area (TPSA) is 87.6 Å². The average Bonchev–Trinajstić information content (AvgIpc) is 3.29. The van der Waals surface area contributed by atoms with Crippen LogP contribution >= 0.6 is 0 Å². The van der Waals surface area contributed by atoms with Crippen LogP contribution in [-0.2, 0) is 9.53 Å². The van der Waals surface area contributed by atoms with Gasteiger partial charge in [-0.05, 0) is 39.5 Å². The molecule has 0 atom stereocenters. The largest absolute Gasteiger partial charge is 1.00 e. The fraction of sp³-hybridized carbons (Fsp3) is 0.706. The number of anilines is 1. The van der Waals surface area contributed by atoms with E-state index in [1.807, 2.05) is 6.92 Å². The Labute approximate surface area is 171 Å². The van der Waals surface area contributed by atoms with E-state index >= 15 is 0 Å². The molecule has 8 heteroatoms. The summed E-state index contributed by atoms with van der Waals surface area (Å²) in [6.45, 7) is 6.23. The molecule has 7 nitrogen and oxygen atoms in total. The van der Waals surface area contributed by atoms with Crippen molar-refractivity contribution in [1.82, 2.24) is 9.97 Å². The molecule has 1 aliphatic carbocycles. The first kappa shape index (κ1) is 22.2. The van der Waals surface area contributed by atoms with Gasteiger partial charge in [0.05, 0.1) is 12.1 Å². The first-order chi connectivity index (χ1) is 11.0. The van der Waals surface area contributed by atoms with Crippen LogP contribution in [0, 0.1) is 6.92 Å². The molecule has 2 heterocycles. The summed E-state index contributed by atoms with van der Waals surface area (Å²) in [4.78, 5) is 22.0. The Balaban J connectivity index is 0.00000156. The molecule has 0 unspecified atom stereocenters. The molecule has 2 fully saturated rings. The van der Waals surface area contributed by atoms with Crippen molar-refractivity contribution < 1.29 is 48.9 Å². The second-order valence-electron chi connectivity index (χ2n) is 6.14. The Morgan fingerprint density at radius 1 is 1.36 bits per heavy atom. The summed E-state index contributed by atoms with van der Waals surface area (Å²) in [5.41, 5.74) is -1.19. The number of hydrogen-bond acceptors (Lipinski definition) is 7. The van der Waals surface area contributed by atoms with E-state index < -0.39 is 11.6 Å². The van der Waals surface area contributed by atoms with E-state index in [1.165, 1.54) is 0 Å². The number of carbonyl (C=O) groups is 1. The van der Waals surface area contributed by atoms with Gasteiger partial charge in [-0.2, -0.15) is 4.98 Å². The van der Waals surface area contributed by atoms with E-state index in [2.05, 4.69) is 14.9 Å². The van der Waals surface area contributed by atoms with Crippen LogP contribution in [-0.4, -0.2) is 47.3 Å². The van der Waals surface area contributed by atoms with Crippen LogP contribution in [0.2, 0.25) is 0 Å². The Morgan fingerprint density at radius 3 is 2.52 bits per heavy atom. The minimum absolute atomic E-state index is 0. The van der Waals surface area contributed by atoms with Crippen LogP contribution in [0.4, 0.5) is 5.82 Å². The van der Waals surface area contributed by atoms with Crippen molar-refractivity contribution in [2.45, 2.75) is 58.7 Å². The number of piperidine rings is 1. The number of carboxylic acid groups (broad SMARTS) is 1. The summed E-state index contributed by atoms with van der Waals surface area (Å²) < 4.78 is 11.2. The molecule has 0 radical (unpaired) electrons. The van der Waals surface area contributed by atoms with Crippen molar-refractivity contribution >= 4 is 11.8 Å². The van der Waals surface area contributed by atoms with Crippen LogP contribution < -0.4 is 44.3 Å². The first-order valence-corrected chi connectivity index (χ1v) is 8.15. The number of ether oxygens (including phenoxy) is 2. The van der Waals surface area contributed by atoms with Crippen molar-refractivity contribution in [3.8, 4) is 5.88 Å². The van der Waals surface area contributed by atoms with Crippen molar-refractivity contribution in [2.75, 3.05) is 24.6 Å². The number of rotatable bonds is 6. The van der Waals surface area contributed by atoms with Crippen molar-refractivity contribution in [1.29, 1.82) is 0 Å². The molecule has 1 aromatic rings. The van der Waals surface area contributed by atoms with Crippen LogP contribution in [0.1, 0.15) is 45.9 Å². The molecule has 1 saturated carbocycles. The van der Waals surface area contributed by atoms with Crippen molar-refractivity contribution in [2.24, 2.45) is 0 Å². The van der Waals surface area contributed by atoms with Gasteiger partial charge in [-0.15, -0.1) is 0 Å². The van der Waals surface area contributed by atoms with Gasteiger partial charge in [-0.1, -0.05) is 7.43 Å². The van der Waals surface area contributed by atoms with Gasteiger partial charge in [0.15, 0.2) is 5.60 Å². The predicted octanol–water partition coefficient (Wildman–Crippen LogP) is -1.91. The Hall–Kier alpha value is -0.890. The summed E-state index contributed by atoms with van der Waals surface area (Å²) in [5, 5.41) is 11.2. The SMILES string of the molecule is C.CCOC1CCN(c2cc(OC3(C(=O)[O-])CC3)nc(C)n2)CC1.[Na+]. The number of aliphatic carboxylic acids is 1. The average molecular weight is 359 g/mol. The molecular formula is C17H26N3NaO4. The maximum atomic E-state index is 11.2. The van der Waals surface area contributed by atoms with Gasteiger partial charge in [-0.3, -0.25) is 0 Å². The first-order valence-electron chi connectivity index (χ1n) is 8.15. The van der Waals surface area contributed by atoms with Gasteiger partial charge in [0.25, 0.3) is 0 Å². The fourth-order valence-electron chi connectivity index (χ4n) is 2.89. The number of aryl methyl sites for hydroxylation is 1. The zero-order valence-electron chi connectivity index (χ0n) is 14.6. The van der Waals surface area contributed by atoms with Crippen molar-refractivity contribution in [3.05, 3.63) is 11.9 Å². The predicted molar refractivity (Wildman–Crippen MR) is 88.0 cm³/mol. The smallest absolute Gasteiger partial charge is 0.546 e. The number of hydrogen-bond donors (Lipinski definition) is 0. The molecule has 0 spiro atoms. The second-order valence-corrected chi connectivity index (χ2v) is 6.14. The monoisotopic (exact) mass is 359 g/mol. The third-order valence-electron chi connectivity index (χ3n) is 4.35. The van der Waals surface area contributed by atoms with E-state index in [-0.39, 0.29) is 37.0 Å². The molecule has 25 heavy (non-hydrogen) atoms. The third kappa shape index (κ3) is 5.29. The summed E-state index contributed by atoms with van der Waals surface area (Å²) in [7, 11) is 0. The standard InChI is InChI=1S/C16H23N3O4.CH4.Na/c1-3-22-12-4-8-19(9-5-12)13-10-14(18-11(2)17-13)23-16(6-7-16)15(20)21;;/h10,12H,3-9H2,1-2H3,(H,20,21);1H4;/q;;+1/p-1. The Morgan fingerprint density at radius 2 is 2.00 bits per heavy atom. The maximum Gasteiger partial charge on any atom is 1.00 e. The Bertz CT molecular complexity index is 587. The van der Waals surface area contributed by atoms with Crippen LogP contribution in [0.3, 0.4) is 0 Å². The number of nitrogens with zero attached hydrogens (tertiary/aromatic N) is 3. The van der Waals surface area contributed by atoms with E-state index in [4.69, 9.17) is 9.47 Å². The summed E-state index contributed by atoms with van der Waals surface area (Å²) >= 11 is 0. The normalized spacial score (nSPS) is 18.7. The van der Waals surface area contributed by atoms with Gasteiger partial charge in [0, 0.05) is 25.8 Å². The van der Waals surface area contributed by atoms with Gasteiger partial charge >= 0.3 is 29.6 Å². The quantitative estimate of drug-likeness (QED) is 0.548. The maximum absolute atomic E-state index is 11.2. The van der Waals surface area contributed by atoms with E-state index in [1.54, 1.807) is 13.0 Å². The molecule has 3 rings (SSSR count). The molecule has 2 aliphatic rings. The van der Waals surface area contributed by atoms with E-state index in [0.29, 0.717) is 30.7 Å². The van der Waals surface area contributed by atoms with E-state index in [9.17, 15) is 9.90 Å². The fourth-order valence-corrected chi connectivity index (χ4v) is 2.89.